The number of ether oxygens (including phenoxy) is 2. The number of esters is 1. The van der Waals surface area contributed by atoms with Gasteiger partial charge in [0.05, 0.1) is 10.3 Å². The zero-order chi connectivity index (χ0) is 26.4. The first-order valence-electron chi connectivity index (χ1n) is 12.4. The second-order valence-corrected chi connectivity index (χ2v) is 10.1. The minimum Gasteiger partial charge on any atom is -0.462 e. The summed E-state index contributed by atoms with van der Waals surface area (Å²) in [5, 5.41) is 11.6. The van der Waals surface area contributed by atoms with Gasteiger partial charge in [0.15, 0.2) is 0 Å². The first-order valence-corrected chi connectivity index (χ1v) is 12.4. The van der Waals surface area contributed by atoms with Crippen molar-refractivity contribution in [2.45, 2.75) is 58.4 Å². The van der Waals surface area contributed by atoms with Crippen molar-refractivity contribution in [3.63, 3.8) is 0 Å². The van der Waals surface area contributed by atoms with E-state index in [2.05, 4.69) is 62.1 Å². The van der Waals surface area contributed by atoms with E-state index in [1.54, 1.807) is 6.92 Å². The molecule has 0 radical (unpaired) electrons. The van der Waals surface area contributed by atoms with Crippen molar-refractivity contribution in [1.29, 1.82) is 0 Å². The van der Waals surface area contributed by atoms with E-state index in [1.165, 1.54) is 17.7 Å². The number of benzene rings is 3. The van der Waals surface area contributed by atoms with Crippen LogP contribution in [0.5, 0.6) is 5.75 Å². The summed E-state index contributed by atoms with van der Waals surface area (Å²) in [6.45, 7) is 8.58. The standard InChI is InChI=1S/C30H30N2O5/c1-5-27(33)36-19-23-17-24(32(34)35)16-22-14-15-30(37-28(22)23)29(3,4)25-8-6-7-9-26(25)31(30)18-21-12-10-20(2)11-13-21/h6-17H,5,18-19H2,1-4H3. The maximum Gasteiger partial charge on any atom is 0.305 e. The van der Waals surface area contributed by atoms with Crippen molar-refractivity contribution < 1.29 is 19.2 Å². The second-order valence-electron chi connectivity index (χ2n) is 10.1. The van der Waals surface area contributed by atoms with Crippen molar-refractivity contribution in [2.75, 3.05) is 4.90 Å². The topological polar surface area (TPSA) is 81.9 Å². The molecule has 1 atom stereocenters. The van der Waals surface area contributed by atoms with E-state index in [0.29, 0.717) is 23.4 Å². The fourth-order valence-corrected chi connectivity index (χ4v) is 5.32. The average Bonchev–Trinajstić information content (AvgIpc) is 3.06. The van der Waals surface area contributed by atoms with Gasteiger partial charge in [0.25, 0.3) is 5.69 Å². The van der Waals surface area contributed by atoms with Gasteiger partial charge in [-0.15, -0.1) is 0 Å². The minimum absolute atomic E-state index is 0.0732. The number of rotatable bonds is 6. The fourth-order valence-electron chi connectivity index (χ4n) is 5.32. The van der Waals surface area contributed by atoms with Crippen molar-refractivity contribution >= 4 is 23.4 Å². The molecule has 0 aliphatic carbocycles. The van der Waals surface area contributed by atoms with Gasteiger partial charge in [-0.05, 0) is 50.1 Å². The Balaban J connectivity index is 1.64. The van der Waals surface area contributed by atoms with E-state index in [9.17, 15) is 14.9 Å². The molecule has 0 saturated carbocycles. The molecular formula is C30H30N2O5. The Morgan fingerprint density at radius 1 is 1.11 bits per heavy atom. The average molecular weight is 499 g/mol. The number of carbonyl (C=O) groups is 1. The number of carbonyl (C=O) groups excluding carboxylic acids is 1. The monoisotopic (exact) mass is 498 g/mol. The van der Waals surface area contributed by atoms with Crippen molar-refractivity contribution in [1.82, 2.24) is 0 Å². The van der Waals surface area contributed by atoms with Crippen LogP contribution in [0.4, 0.5) is 11.4 Å². The highest BCUT2D eigenvalue weighted by Gasteiger charge is 2.59. The number of anilines is 1. The number of nitro groups is 1. The maximum atomic E-state index is 11.9. The smallest absolute Gasteiger partial charge is 0.305 e. The lowest BCUT2D eigenvalue weighted by Gasteiger charge is -2.47. The van der Waals surface area contributed by atoms with Crippen LogP contribution in [0.25, 0.3) is 6.08 Å². The Labute approximate surface area is 216 Å². The van der Waals surface area contributed by atoms with Crippen LogP contribution in [0.15, 0.2) is 66.7 Å². The van der Waals surface area contributed by atoms with Crippen molar-refractivity contribution in [3.8, 4) is 5.75 Å². The first kappa shape index (κ1) is 24.6. The Morgan fingerprint density at radius 3 is 2.54 bits per heavy atom. The maximum absolute atomic E-state index is 11.9. The van der Waals surface area contributed by atoms with Gasteiger partial charge in [-0.2, -0.15) is 0 Å². The molecule has 2 heterocycles. The Bertz CT molecular complexity index is 1410. The van der Waals surface area contributed by atoms with Gasteiger partial charge in [0.1, 0.15) is 12.4 Å². The van der Waals surface area contributed by atoms with Crippen LogP contribution in [0, 0.1) is 17.0 Å². The number of non-ortho nitro benzene ring substituents is 1. The zero-order valence-corrected chi connectivity index (χ0v) is 21.5. The minimum atomic E-state index is -0.909. The van der Waals surface area contributed by atoms with Crippen LogP contribution < -0.4 is 9.64 Å². The molecule has 0 amide bonds. The lowest BCUT2D eigenvalue weighted by molar-refractivity contribution is -0.385. The SMILES string of the molecule is CCC(=O)OCc1cc([N+](=O)[O-])cc2c1OC1(C=C2)N(Cc2ccc(C)cc2)c2ccccc2C1(C)C. The van der Waals surface area contributed by atoms with E-state index in [-0.39, 0.29) is 24.7 Å². The molecule has 0 aromatic heterocycles. The van der Waals surface area contributed by atoms with Gasteiger partial charge >= 0.3 is 5.97 Å². The molecule has 5 rings (SSSR count). The van der Waals surface area contributed by atoms with E-state index >= 15 is 0 Å². The largest absolute Gasteiger partial charge is 0.462 e. The molecule has 2 aliphatic heterocycles. The van der Waals surface area contributed by atoms with Gasteiger partial charge in [-0.3, -0.25) is 14.9 Å². The Morgan fingerprint density at radius 2 is 1.84 bits per heavy atom. The molecule has 0 bridgehead atoms. The Kier molecular flexibility index (Phi) is 6.02. The Hall–Kier alpha value is -4.13. The van der Waals surface area contributed by atoms with E-state index < -0.39 is 16.1 Å². The summed E-state index contributed by atoms with van der Waals surface area (Å²) in [6, 6.07) is 19.7. The van der Waals surface area contributed by atoms with Gasteiger partial charge in [0.2, 0.25) is 5.72 Å². The van der Waals surface area contributed by atoms with Gasteiger partial charge in [-0.25, -0.2) is 0 Å². The van der Waals surface area contributed by atoms with Gasteiger partial charge in [-0.1, -0.05) is 55.0 Å². The third-order valence-electron chi connectivity index (χ3n) is 7.44. The molecule has 1 unspecified atom stereocenters. The number of hydrogen-bond acceptors (Lipinski definition) is 6. The molecule has 7 heteroatoms. The molecule has 2 aliphatic rings. The van der Waals surface area contributed by atoms with Crippen molar-refractivity contribution in [2.24, 2.45) is 0 Å². The number of fused-ring (bicyclic) bond motifs is 2. The summed E-state index contributed by atoms with van der Waals surface area (Å²) < 4.78 is 12.3. The van der Waals surface area contributed by atoms with Gasteiger partial charge < -0.3 is 14.4 Å². The summed E-state index contributed by atoms with van der Waals surface area (Å²) in [7, 11) is 0. The van der Waals surface area contributed by atoms with Crippen LogP contribution >= 0.6 is 0 Å². The zero-order valence-electron chi connectivity index (χ0n) is 21.5. The third-order valence-corrected chi connectivity index (χ3v) is 7.44. The molecule has 0 N–H and O–H groups in total. The summed E-state index contributed by atoms with van der Waals surface area (Å²) in [4.78, 5) is 25.4. The lowest BCUT2D eigenvalue weighted by atomic mass is 9.76. The number of nitro benzene ring substituents is 1. The third kappa shape index (κ3) is 4.04. The van der Waals surface area contributed by atoms with E-state index in [4.69, 9.17) is 9.47 Å². The molecule has 37 heavy (non-hydrogen) atoms. The normalized spacial score (nSPS) is 18.8. The lowest BCUT2D eigenvalue weighted by Crippen LogP contribution is -2.59. The highest BCUT2D eigenvalue weighted by molar-refractivity contribution is 5.74. The van der Waals surface area contributed by atoms with Crippen LogP contribution in [0.1, 0.15) is 55.0 Å². The summed E-state index contributed by atoms with van der Waals surface area (Å²) in [6.07, 6.45) is 4.12. The summed E-state index contributed by atoms with van der Waals surface area (Å²) in [5.74, 6) is 0.114. The second kappa shape index (κ2) is 9.07. The predicted molar refractivity (Wildman–Crippen MR) is 142 cm³/mol. The van der Waals surface area contributed by atoms with E-state index in [0.717, 1.165) is 16.8 Å². The fraction of sp³-hybridized carbons (Fsp3) is 0.300. The predicted octanol–water partition coefficient (Wildman–Crippen LogP) is 6.46. The number of aryl methyl sites for hydroxylation is 1. The molecule has 7 nitrogen and oxygen atoms in total. The molecule has 3 aromatic rings. The summed E-state index contributed by atoms with van der Waals surface area (Å²) in [5.41, 5.74) is 4.16. The van der Waals surface area contributed by atoms with Crippen molar-refractivity contribution in [3.05, 3.63) is 105 Å². The highest BCUT2D eigenvalue weighted by atomic mass is 16.6. The van der Waals surface area contributed by atoms with E-state index in [1.807, 2.05) is 24.3 Å². The molecule has 1 spiro atoms. The summed E-state index contributed by atoms with van der Waals surface area (Å²) >= 11 is 0. The number of para-hydroxylation sites is 1. The van der Waals surface area contributed by atoms with Crippen LogP contribution in [0.3, 0.4) is 0 Å². The first-order chi connectivity index (χ1) is 17.7. The van der Waals surface area contributed by atoms with Gasteiger partial charge in [0, 0.05) is 41.9 Å². The van der Waals surface area contributed by atoms with Crippen LogP contribution in [0.2, 0.25) is 0 Å². The highest BCUT2D eigenvalue weighted by Crippen LogP contribution is 2.56. The number of nitrogens with zero attached hydrogens (tertiary/aromatic N) is 2. The van der Waals surface area contributed by atoms with Crippen LogP contribution in [-0.4, -0.2) is 16.6 Å². The number of hydrogen-bond donors (Lipinski definition) is 0. The van der Waals surface area contributed by atoms with Crippen LogP contribution in [-0.2, 0) is 28.1 Å². The quantitative estimate of drug-likeness (QED) is 0.220. The molecule has 190 valence electrons. The molecule has 0 fully saturated rings. The molecular weight excluding hydrogens is 468 g/mol. The molecule has 3 aromatic carbocycles. The molecule has 0 saturated heterocycles.